The van der Waals surface area contributed by atoms with Crippen LogP contribution >= 0.6 is 0 Å². The lowest BCUT2D eigenvalue weighted by Crippen LogP contribution is -2.52. The Hall–Kier alpha value is -2.81. The average molecular weight is 436 g/mol. The predicted molar refractivity (Wildman–Crippen MR) is 115 cm³/mol. The van der Waals surface area contributed by atoms with Crippen molar-refractivity contribution in [3.05, 3.63) is 54.3 Å². The van der Waals surface area contributed by atoms with E-state index >= 15 is 0 Å². The normalized spacial score (nSPS) is 15.6. The minimum absolute atomic E-state index is 0.138. The van der Waals surface area contributed by atoms with Crippen molar-refractivity contribution in [1.82, 2.24) is 4.90 Å². The number of benzene rings is 2. The highest BCUT2D eigenvalue weighted by atomic mass is 32.2. The van der Waals surface area contributed by atoms with Crippen molar-refractivity contribution in [3.63, 3.8) is 0 Å². The molecular formula is C21H26FN3O4S. The van der Waals surface area contributed by atoms with Gasteiger partial charge in [-0.15, -0.1) is 0 Å². The molecule has 1 unspecified atom stereocenters. The molecule has 1 aliphatic heterocycles. The molecule has 0 N–H and O–H groups in total. The molecule has 3 rings (SSSR count). The molecular weight excluding hydrogens is 409 g/mol. The van der Waals surface area contributed by atoms with Crippen LogP contribution in [0.3, 0.4) is 0 Å². The number of nitrogens with zero attached hydrogens (tertiary/aromatic N) is 3. The summed E-state index contributed by atoms with van der Waals surface area (Å²) in [6, 6.07) is 13.1. The largest absolute Gasteiger partial charge is 0.481 e. The van der Waals surface area contributed by atoms with E-state index in [1.165, 1.54) is 17.4 Å². The van der Waals surface area contributed by atoms with Gasteiger partial charge in [-0.05, 0) is 43.3 Å². The summed E-state index contributed by atoms with van der Waals surface area (Å²) in [5, 5.41) is 0. The Morgan fingerprint density at radius 1 is 1.07 bits per heavy atom. The minimum atomic E-state index is -3.34. The fourth-order valence-electron chi connectivity index (χ4n) is 3.31. The lowest BCUT2D eigenvalue weighted by atomic mass is 10.2. The zero-order chi connectivity index (χ0) is 21.9. The van der Waals surface area contributed by atoms with E-state index < -0.39 is 16.1 Å². The molecule has 1 aliphatic rings. The standard InChI is InChI=1S/C21H26FN3O4S/c1-16(29-18-10-8-17(9-11-18)23(2)30(3,27)28)21(26)25-14-12-24(13-15-25)20-7-5-4-6-19(20)22/h4-11,16H,12-15H2,1-3H3. The highest BCUT2D eigenvalue weighted by Gasteiger charge is 2.27. The molecule has 0 saturated carbocycles. The molecule has 0 aromatic heterocycles. The number of anilines is 2. The second kappa shape index (κ2) is 8.91. The Bertz CT molecular complexity index is 990. The molecule has 7 nitrogen and oxygen atoms in total. The van der Waals surface area contributed by atoms with Gasteiger partial charge in [0.2, 0.25) is 10.0 Å². The SMILES string of the molecule is CC(Oc1ccc(N(C)S(C)(=O)=O)cc1)C(=O)N1CCN(c2ccccc2F)CC1. The lowest BCUT2D eigenvalue weighted by Gasteiger charge is -2.37. The lowest BCUT2D eigenvalue weighted by molar-refractivity contribution is -0.138. The number of ether oxygens (including phenoxy) is 1. The molecule has 0 spiro atoms. The highest BCUT2D eigenvalue weighted by molar-refractivity contribution is 7.92. The maximum absolute atomic E-state index is 14.0. The van der Waals surface area contributed by atoms with Crippen molar-refractivity contribution in [3.8, 4) is 5.75 Å². The summed E-state index contributed by atoms with van der Waals surface area (Å²) in [5.41, 5.74) is 1.06. The fraction of sp³-hybridized carbons (Fsp3) is 0.381. The molecule has 0 aliphatic carbocycles. The summed E-state index contributed by atoms with van der Waals surface area (Å²) in [4.78, 5) is 16.4. The number of halogens is 1. The molecule has 1 atom stereocenters. The second-order valence-corrected chi connectivity index (χ2v) is 9.26. The number of carbonyl (C=O) groups is 1. The van der Waals surface area contributed by atoms with Crippen LogP contribution in [0, 0.1) is 5.82 Å². The Kier molecular flexibility index (Phi) is 6.50. The number of rotatable bonds is 6. The first-order chi connectivity index (χ1) is 14.2. The van der Waals surface area contributed by atoms with Gasteiger partial charge in [-0.1, -0.05) is 12.1 Å². The van der Waals surface area contributed by atoms with Gasteiger partial charge in [0.1, 0.15) is 11.6 Å². The molecule has 1 heterocycles. The van der Waals surface area contributed by atoms with E-state index in [0.29, 0.717) is 43.3 Å². The smallest absolute Gasteiger partial charge is 0.263 e. The first-order valence-electron chi connectivity index (χ1n) is 9.65. The molecule has 0 bridgehead atoms. The predicted octanol–water partition coefficient (Wildman–Crippen LogP) is 2.34. The van der Waals surface area contributed by atoms with Crippen LogP contribution in [-0.2, 0) is 14.8 Å². The van der Waals surface area contributed by atoms with Gasteiger partial charge in [-0.3, -0.25) is 9.10 Å². The summed E-state index contributed by atoms with van der Waals surface area (Å²) < 4.78 is 44.1. The number of hydrogen-bond acceptors (Lipinski definition) is 5. The van der Waals surface area contributed by atoms with Crippen LogP contribution in [0.15, 0.2) is 48.5 Å². The van der Waals surface area contributed by atoms with Gasteiger partial charge in [0, 0.05) is 33.2 Å². The Morgan fingerprint density at radius 2 is 1.67 bits per heavy atom. The summed E-state index contributed by atoms with van der Waals surface area (Å²) in [5.74, 6) is 0.0750. The molecule has 162 valence electrons. The van der Waals surface area contributed by atoms with E-state index in [-0.39, 0.29) is 11.7 Å². The number of hydrogen-bond donors (Lipinski definition) is 0. The zero-order valence-electron chi connectivity index (χ0n) is 17.3. The summed E-state index contributed by atoms with van der Waals surface area (Å²) in [6.07, 6.45) is 0.438. The van der Waals surface area contributed by atoms with Gasteiger partial charge >= 0.3 is 0 Å². The van der Waals surface area contributed by atoms with Crippen LogP contribution in [0.2, 0.25) is 0 Å². The third-order valence-corrected chi connectivity index (χ3v) is 6.35. The first-order valence-corrected chi connectivity index (χ1v) is 11.5. The van der Waals surface area contributed by atoms with Crippen molar-refractivity contribution in [2.45, 2.75) is 13.0 Å². The number of amides is 1. The van der Waals surface area contributed by atoms with Gasteiger partial charge < -0.3 is 14.5 Å². The number of sulfonamides is 1. The van der Waals surface area contributed by atoms with Crippen LogP contribution in [0.1, 0.15) is 6.92 Å². The molecule has 9 heteroatoms. The molecule has 0 radical (unpaired) electrons. The Morgan fingerprint density at radius 3 is 2.23 bits per heavy atom. The van der Waals surface area contributed by atoms with Crippen molar-refractivity contribution in [2.24, 2.45) is 0 Å². The average Bonchev–Trinajstić information content (AvgIpc) is 2.73. The molecule has 1 saturated heterocycles. The van der Waals surface area contributed by atoms with Crippen LogP contribution < -0.4 is 13.9 Å². The molecule has 1 fully saturated rings. The van der Waals surface area contributed by atoms with Gasteiger partial charge in [0.15, 0.2) is 6.10 Å². The molecule has 2 aromatic rings. The van der Waals surface area contributed by atoms with E-state index in [0.717, 1.165) is 6.26 Å². The van der Waals surface area contributed by atoms with E-state index in [2.05, 4.69) is 0 Å². The minimum Gasteiger partial charge on any atom is -0.481 e. The number of piperazine rings is 1. The van der Waals surface area contributed by atoms with Crippen LogP contribution in [-0.4, -0.2) is 64.8 Å². The molecule has 1 amide bonds. The van der Waals surface area contributed by atoms with Gasteiger partial charge in [-0.25, -0.2) is 12.8 Å². The van der Waals surface area contributed by atoms with Crippen LogP contribution in [0.25, 0.3) is 0 Å². The molecule has 2 aromatic carbocycles. The van der Waals surface area contributed by atoms with Crippen molar-refractivity contribution in [2.75, 3.05) is 48.7 Å². The highest BCUT2D eigenvalue weighted by Crippen LogP contribution is 2.23. The fourth-order valence-corrected chi connectivity index (χ4v) is 3.82. The summed E-state index contributed by atoms with van der Waals surface area (Å²) >= 11 is 0. The van der Waals surface area contributed by atoms with Crippen molar-refractivity contribution in [1.29, 1.82) is 0 Å². The maximum atomic E-state index is 14.0. The van der Waals surface area contributed by atoms with Gasteiger partial charge in [0.25, 0.3) is 5.91 Å². The van der Waals surface area contributed by atoms with Gasteiger partial charge in [-0.2, -0.15) is 0 Å². The Balaban J connectivity index is 1.56. The van der Waals surface area contributed by atoms with E-state index in [4.69, 9.17) is 4.74 Å². The third-order valence-electron chi connectivity index (χ3n) is 5.14. The quantitative estimate of drug-likeness (QED) is 0.697. The summed E-state index contributed by atoms with van der Waals surface area (Å²) in [6.45, 7) is 3.75. The van der Waals surface area contributed by atoms with Crippen LogP contribution in [0.4, 0.5) is 15.8 Å². The topological polar surface area (TPSA) is 70.2 Å². The zero-order valence-corrected chi connectivity index (χ0v) is 18.1. The number of para-hydroxylation sites is 1. The second-order valence-electron chi connectivity index (χ2n) is 7.25. The maximum Gasteiger partial charge on any atom is 0.263 e. The Labute approximate surface area is 176 Å². The van der Waals surface area contributed by atoms with E-state index in [1.54, 1.807) is 54.3 Å². The monoisotopic (exact) mass is 435 g/mol. The van der Waals surface area contributed by atoms with Crippen LogP contribution in [0.5, 0.6) is 5.75 Å². The van der Waals surface area contributed by atoms with E-state index in [1.807, 2.05) is 4.90 Å². The third kappa shape index (κ3) is 5.02. The van der Waals surface area contributed by atoms with Crippen molar-refractivity contribution >= 4 is 27.3 Å². The van der Waals surface area contributed by atoms with E-state index in [9.17, 15) is 17.6 Å². The number of carbonyl (C=O) groups excluding carboxylic acids is 1. The summed E-state index contributed by atoms with van der Waals surface area (Å²) in [7, 11) is -1.87. The molecule has 30 heavy (non-hydrogen) atoms. The van der Waals surface area contributed by atoms with Crippen molar-refractivity contribution < 1.29 is 22.3 Å². The van der Waals surface area contributed by atoms with Gasteiger partial charge in [0.05, 0.1) is 17.6 Å². The first kappa shape index (κ1) is 21.9.